The summed E-state index contributed by atoms with van der Waals surface area (Å²) in [5.41, 5.74) is 2.62. The van der Waals surface area contributed by atoms with E-state index in [9.17, 15) is 4.39 Å². The lowest BCUT2D eigenvalue weighted by Crippen LogP contribution is -1.94. The predicted molar refractivity (Wildman–Crippen MR) is 58.7 cm³/mol. The van der Waals surface area contributed by atoms with Crippen molar-refractivity contribution in [2.75, 3.05) is 5.32 Å². The van der Waals surface area contributed by atoms with Crippen LogP contribution in [0.3, 0.4) is 0 Å². The molecule has 2 aromatic rings. The van der Waals surface area contributed by atoms with Crippen molar-refractivity contribution < 1.29 is 4.39 Å². The number of aromatic nitrogens is 1. The van der Waals surface area contributed by atoms with Crippen molar-refractivity contribution in [1.29, 1.82) is 0 Å². The number of hydrogen-bond donors (Lipinski definition) is 1. The van der Waals surface area contributed by atoms with Gasteiger partial charge in [-0.05, 0) is 36.8 Å². The maximum Gasteiger partial charge on any atom is 0.125 e. The third kappa shape index (κ3) is 2.31. The Bertz CT molecular complexity index is 454. The molecule has 15 heavy (non-hydrogen) atoms. The maximum absolute atomic E-state index is 13.0. The summed E-state index contributed by atoms with van der Waals surface area (Å²) in [7, 11) is 0. The molecule has 1 aromatic heterocycles. The molecule has 0 spiro atoms. The van der Waals surface area contributed by atoms with E-state index in [0.717, 1.165) is 16.9 Å². The Morgan fingerprint density at radius 3 is 2.87 bits per heavy atom. The third-order valence-corrected chi connectivity index (χ3v) is 2.14. The second kappa shape index (κ2) is 4.09. The molecule has 3 heteroatoms. The Labute approximate surface area is 87.8 Å². The fourth-order valence-corrected chi connectivity index (χ4v) is 1.32. The molecule has 1 aromatic carbocycles. The molecule has 0 amide bonds. The normalized spacial score (nSPS) is 10.0. The van der Waals surface area contributed by atoms with E-state index in [-0.39, 0.29) is 5.82 Å². The monoisotopic (exact) mass is 202 g/mol. The third-order valence-electron chi connectivity index (χ3n) is 2.14. The van der Waals surface area contributed by atoms with Crippen LogP contribution in [0.25, 0.3) is 0 Å². The highest BCUT2D eigenvalue weighted by atomic mass is 19.1. The zero-order valence-electron chi connectivity index (χ0n) is 8.37. The smallest absolute Gasteiger partial charge is 0.125 e. The number of halogens is 1. The molecule has 0 aliphatic carbocycles. The first-order chi connectivity index (χ1) is 7.25. The average Bonchev–Trinajstić information content (AvgIpc) is 2.25. The molecule has 0 aliphatic rings. The predicted octanol–water partition coefficient (Wildman–Crippen LogP) is 3.27. The van der Waals surface area contributed by atoms with Crippen LogP contribution in [-0.2, 0) is 0 Å². The van der Waals surface area contributed by atoms with Gasteiger partial charge in [-0.1, -0.05) is 6.07 Å². The van der Waals surface area contributed by atoms with Crippen LogP contribution >= 0.6 is 0 Å². The molecule has 0 radical (unpaired) electrons. The number of nitrogens with one attached hydrogen (secondary N) is 1. The topological polar surface area (TPSA) is 24.9 Å². The van der Waals surface area contributed by atoms with Gasteiger partial charge >= 0.3 is 0 Å². The lowest BCUT2D eigenvalue weighted by Gasteiger charge is -2.08. The zero-order chi connectivity index (χ0) is 10.7. The van der Waals surface area contributed by atoms with Crippen molar-refractivity contribution in [2.24, 2.45) is 0 Å². The van der Waals surface area contributed by atoms with Crippen LogP contribution in [-0.4, -0.2) is 4.98 Å². The lowest BCUT2D eigenvalue weighted by molar-refractivity contribution is 0.628. The van der Waals surface area contributed by atoms with Gasteiger partial charge in [-0.15, -0.1) is 0 Å². The van der Waals surface area contributed by atoms with Crippen LogP contribution in [0.5, 0.6) is 0 Å². The van der Waals surface area contributed by atoms with Crippen molar-refractivity contribution in [3.8, 4) is 0 Å². The van der Waals surface area contributed by atoms with Gasteiger partial charge in [-0.2, -0.15) is 0 Å². The molecule has 2 nitrogen and oxygen atoms in total. The number of benzene rings is 1. The van der Waals surface area contributed by atoms with E-state index in [2.05, 4.69) is 10.3 Å². The Kier molecular flexibility index (Phi) is 2.63. The second-order valence-electron chi connectivity index (χ2n) is 3.33. The Morgan fingerprint density at radius 1 is 1.27 bits per heavy atom. The number of nitrogens with zero attached hydrogens (tertiary/aromatic N) is 1. The quantitative estimate of drug-likeness (QED) is 0.808. The van der Waals surface area contributed by atoms with Crippen LogP contribution in [0.15, 0.2) is 42.7 Å². The van der Waals surface area contributed by atoms with Crippen LogP contribution in [0.4, 0.5) is 15.8 Å². The number of anilines is 2. The molecule has 1 heterocycles. The van der Waals surface area contributed by atoms with Gasteiger partial charge < -0.3 is 5.32 Å². The van der Waals surface area contributed by atoms with E-state index in [1.165, 1.54) is 12.1 Å². The average molecular weight is 202 g/mol. The minimum atomic E-state index is -0.244. The Morgan fingerprint density at radius 2 is 2.13 bits per heavy atom. The summed E-state index contributed by atoms with van der Waals surface area (Å²) in [5.74, 6) is -0.244. The van der Waals surface area contributed by atoms with Gasteiger partial charge in [0.1, 0.15) is 5.82 Å². The standard InChI is InChI=1S/C12H11FN2/c1-9-4-5-10(13)7-12(9)15-11-3-2-6-14-8-11/h2-8,15H,1H3. The zero-order valence-corrected chi connectivity index (χ0v) is 8.37. The first-order valence-electron chi connectivity index (χ1n) is 4.69. The van der Waals surface area contributed by atoms with Gasteiger partial charge in [-0.25, -0.2) is 4.39 Å². The second-order valence-corrected chi connectivity index (χ2v) is 3.33. The summed E-state index contributed by atoms with van der Waals surface area (Å²) in [4.78, 5) is 3.98. The van der Waals surface area contributed by atoms with Crippen molar-refractivity contribution in [3.63, 3.8) is 0 Å². The molecule has 0 saturated carbocycles. The highest BCUT2D eigenvalue weighted by Gasteiger charge is 2.00. The van der Waals surface area contributed by atoms with E-state index < -0.39 is 0 Å². The van der Waals surface area contributed by atoms with Crippen LogP contribution in [0.1, 0.15) is 5.56 Å². The highest BCUT2D eigenvalue weighted by Crippen LogP contribution is 2.20. The molecule has 0 unspecified atom stereocenters. The minimum absolute atomic E-state index is 0.244. The summed E-state index contributed by atoms with van der Waals surface area (Å²) in [6, 6.07) is 8.38. The van der Waals surface area contributed by atoms with Gasteiger partial charge in [0, 0.05) is 11.9 Å². The largest absolute Gasteiger partial charge is 0.354 e. The molecule has 0 bridgehead atoms. The Balaban J connectivity index is 2.28. The molecule has 0 atom stereocenters. The van der Waals surface area contributed by atoms with Crippen molar-refractivity contribution >= 4 is 11.4 Å². The summed E-state index contributed by atoms with van der Waals surface area (Å²) < 4.78 is 13.0. The van der Waals surface area contributed by atoms with Crippen LogP contribution in [0.2, 0.25) is 0 Å². The van der Waals surface area contributed by atoms with E-state index in [1.54, 1.807) is 18.5 Å². The fourth-order valence-electron chi connectivity index (χ4n) is 1.32. The van der Waals surface area contributed by atoms with Crippen molar-refractivity contribution in [1.82, 2.24) is 4.98 Å². The summed E-state index contributed by atoms with van der Waals surface area (Å²) >= 11 is 0. The molecular weight excluding hydrogens is 191 g/mol. The van der Waals surface area contributed by atoms with E-state index in [0.29, 0.717) is 0 Å². The number of rotatable bonds is 2. The molecule has 0 aliphatic heterocycles. The molecule has 76 valence electrons. The SMILES string of the molecule is Cc1ccc(F)cc1Nc1cccnc1. The summed E-state index contributed by atoms with van der Waals surface area (Å²) in [6.45, 7) is 1.93. The highest BCUT2D eigenvalue weighted by molar-refractivity contribution is 5.62. The molecule has 1 N–H and O–H groups in total. The molecule has 0 saturated heterocycles. The summed E-state index contributed by atoms with van der Waals surface area (Å²) in [6.07, 6.45) is 3.40. The van der Waals surface area contributed by atoms with Gasteiger partial charge in [0.2, 0.25) is 0 Å². The molecule has 2 rings (SSSR count). The van der Waals surface area contributed by atoms with Crippen LogP contribution in [0, 0.1) is 12.7 Å². The van der Waals surface area contributed by atoms with Gasteiger partial charge in [0.15, 0.2) is 0 Å². The van der Waals surface area contributed by atoms with Gasteiger partial charge in [-0.3, -0.25) is 4.98 Å². The molecule has 0 fully saturated rings. The number of hydrogen-bond acceptors (Lipinski definition) is 2. The Hall–Kier alpha value is -1.90. The fraction of sp³-hybridized carbons (Fsp3) is 0.0833. The maximum atomic E-state index is 13.0. The first-order valence-corrected chi connectivity index (χ1v) is 4.69. The van der Waals surface area contributed by atoms with Gasteiger partial charge in [0.25, 0.3) is 0 Å². The van der Waals surface area contributed by atoms with Crippen LogP contribution < -0.4 is 5.32 Å². The number of aryl methyl sites for hydroxylation is 1. The number of pyridine rings is 1. The van der Waals surface area contributed by atoms with Crippen molar-refractivity contribution in [2.45, 2.75) is 6.92 Å². The van der Waals surface area contributed by atoms with Crippen molar-refractivity contribution in [3.05, 3.63) is 54.1 Å². The summed E-state index contributed by atoms with van der Waals surface area (Å²) in [5, 5.41) is 3.11. The first kappa shape index (κ1) is 9.65. The lowest BCUT2D eigenvalue weighted by atomic mass is 10.2. The molecular formula is C12H11FN2. The minimum Gasteiger partial charge on any atom is -0.354 e. The van der Waals surface area contributed by atoms with E-state index in [4.69, 9.17) is 0 Å². The van der Waals surface area contributed by atoms with E-state index >= 15 is 0 Å². The van der Waals surface area contributed by atoms with E-state index in [1.807, 2.05) is 19.1 Å². The van der Waals surface area contributed by atoms with Gasteiger partial charge in [0.05, 0.1) is 11.9 Å².